The van der Waals surface area contributed by atoms with Crippen LogP contribution in [-0.4, -0.2) is 36.5 Å². The van der Waals surface area contributed by atoms with E-state index in [1.807, 2.05) is 6.07 Å². The summed E-state index contributed by atoms with van der Waals surface area (Å²) < 4.78 is 0. The molecule has 2 atom stereocenters. The predicted octanol–water partition coefficient (Wildman–Crippen LogP) is 3.34. The fourth-order valence-corrected chi connectivity index (χ4v) is 3.36. The fourth-order valence-electron chi connectivity index (χ4n) is 3.36. The quantitative estimate of drug-likeness (QED) is 0.874. The van der Waals surface area contributed by atoms with Gasteiger partial charge in [0.1, 0.15) is 0 Å². The zero-order valence-electron chi connectivity index (χ0n) is 14.4. The first-order chi connectivity index (χ1) is 10.5. The van der Waals surface area contributed by atoms with Gasteiger partial charge in [-0.1, -0.05) is 31.2 Å². The van der Waals surface area contributed by atoms with Crippen molar-refractivity contribution in [2.45, 2.75) is 52.5 Å². The Bertz CT molecular complexity index is 498. The maximum Gasteiger partial charge on any atom is 0.220 e. The summed E-state index contributed by atoms with van der Waals surface area (Å²) in [6.45, 7) is 11.8. The Morgan fingerprint density at radius 3 is 2.68 bits per heavy atom. The van der Waals surface area contributed by atoms with Crippen LogP contribution in [0.2, 0.25) is 0 Å². The molecule has 1 amide bonds. The molecule has 0 aromatic heterocycles. The standard InChI is InChI=1S/C19H30N2O/c1-14(2)21-10-9-17(13-21)12-20-19(22)11-16(4)18-8-6-5-7-15(18)3/h5-8,14,16-17H,9-13H2,1-4H3,(H,20,22)/t16-,17+/m0/s1. The highest BCUT2D eigenvalue weighted by Gasteiger charge is 2.24. The lowest BCUT2D eigenvalue weighted by Crippen LogP contribution is -2.33. The van der Waals surface area contributed by atoms with Gasteiger partial charge in [-0.25, -0.2) is 0 Å². The summed E-state index contributed by atoms with van der Waals surface area (Å²) in [6, 6.07) is 8.96. The molecule has 1 aliphatic heterocycles. The van der Waals surface area contributed by atoms with Crippen LogP contribution in [0, 0.1) is 12.8 Å². The number of likely N-dealkylation sites (tertiary alicyclic amines) is 1. The Kier molecular flexibility index (Phi) is 6.01. The average molecular weight is 302 g/mol. The number of hydrogen-bond acceptors (Lipinski definition) is 2. The SMILES string of the molecule is Cc1ccccc1[C@@H](C)CC(=O)NC[C@H]1CCN(C(C)C)C1. The number of aryl methyl sites for hydroxylation is 1. The molecule has 3 heteroatoms. The van der Waals surface area contributed by atoms with Gasteiger partial charge in [-0.2, -0.15) is 0 Å². The first-order valence-electron chi connectivity index (χ1n) is 8.53. The van der Waals surface area contributed by atoms with Crippen LogP contribution in [0.15, 0.2) is 24.3 Å². The predicted molar refractivity (Wildman–Crippen MR) is 92.0 cm³/mol. The minimum absolute atomic E-state index is 0.179. The highest BCUT2D eigenvalue weighted by Crippen LogP contribution is 2.22. The smallest absolute Gasteiger partial charge is 0.220 e. The van der Waals surface area contributed by atoms with E-state index in [-0.39, 0.29) is 11.8 Å². The molecule has 22 heavy (non-hydrogen) atoms. The van der Waals surface area contributed by atoms with Gasteiger partial charge in [0.05, 0.1) is 0 Å². The summed E-state index contributed by atoms with van der Waals surface area (Å²) in [5.74, 6) is 1.07. The lowest BCUT2D eigenvalue weighted by molar-refractivity contribution is -0.121. The first-order valence-corrected chi connectivity index (χ1v) is 8.53. The minimum Gasteiger partial charge on any atom is -0.356 e. The van der Waals surface area contributed by atoms with Gasteiger partial charge in [0.2, 0.25) is 5.91 Å². The Morgan fingerprint density at radius 2 is 2.05 bits per heavy atom. The first kappa shape index (κ1) is 17.0. The maximum atomic E-state index is 12.2. The zero-order chi connectivity index (χ0) is 16.1. The van der Waals surface area contributed by atoms with Crippen LogP contribution >= 0.6 is 0 Å². The summed E-state index contributed by atoms with van der Waals surface area (Å²) in [4.78, 5) is 14.7. The summed E-state index contributed by atoms with van der Waals surface area (Å²) in [5, 5.41) is 3.14. The summed E-state index contributed by atoms with van der Waals surface area (Å²) in [6.07, 6.45) is 1.78. The molecule has 1 aromatic carbocycles. The van der Waals surface area contributed by atoms with Gasteiger partial charge in [-0.3, -0.25) is 4.79 Å². The molecular formula is C19H30N2O. The normalized spacial score (nSPS) is 20.3. The van der Waals surface area contributed by atoms with Crippen molar-refractivity contribution in [2.75, 3.05) is 19.6 Å². The number of carbonyl (C=O) groups excluding carboxylic acids is 1. The van der Waals surface area contributed by atoms with Gasteiger partial charge in [0, 0.05) is 25.6 Å². The third-order valence-corrected chi connectivity index (χ3v) is 4.85. The molecule has 3 nitrogen and oxygen atoms in total. The molecule has 0 unspecified atom stereocenters. The highest BCUT2D eigenvalue weighted by atomic mass is 16.1. The van der Waals surface area contributed by atoms with E-state index in [9.17, 15) is 4.79 Å². The Labute approximate surface area is 135 Å². The molecule has 0 radical (unpaired) electrons. The van der Waals surface area contributed by atoms with E-state index >= 15 is 0 Å². The second-order valence-corrected chi connectivity index (χ2v) is 7.01. The van der Waals surface area contributed by atoms with Crippen LogP contribution in [0.3, 0.4) is 0 Å². The number of nitrogens with zero attached hydrogens (tertiary/aromatic N) is 1. The van der Waals surface area contributed by atoms with Crippen molar-refractivity contribution in [3.05, 3.63) is 35.4 Å². The second-order valence-electron chi connectivity index (χ2n) is 7.01. The number of benzene rings is 1. The molecule has 122 valence electrons. The van der Waals surface area contributed by atoms with Crippen LogP contribution in [-0.2, 0) is 4.79 Å². The van der Waals surface area contributed by atoms with Crippen LogP contribution < -0.4 is 5.32 Å². The van der Waals surface area contributed by atoms with Crippen molar-refractivity contribution in [1.29, 1.82) is 0 Å². The number of carbonyl (C=O) groups is 1. The fraction of sp³-hybridized carbons (Fsp3) is 0.632. The van der Waals surface area contributed by atoms with Crippen molar-refractivity contribution in [3.63, 3.8) is 0 Å². The van der Waals surface area contributed by atoms with E-state index in [0.717, 1.165) is 19.6 Å². The van der Waals surface area contributed by atoms with Gasteiger partial charge in [0.25, 0.3) is 0 Å². The molecule has 2 rings (SSSR count). The van der Waals surface area contributed by atoms with Crippen molar-refractivity contribution >= 4 is 5.91 Å². The molecule has 0 saturated carbocycles. The molecule has 0 bridgehead atoms. The maximum absolute atomic E-state index is 12.2. The Morgan fingerprint density at radius 1 is 1.32 bits per heavy atom. The molecule has 0 aliphatic carbocycles. The van der Waals surface area contributed by atoms with E-state index in [1.54, 1.807) is 0 Å². The monoisotopic (exact) mass is 302 g/mol. The van der Waals surface area contributed by atoms with E-state index in [2.05, 4.69) is 56.1 Å². The Balaban J connectivity index is 1.76. The van der Waals surface area contributed by atoms with Gasteiger partial charge in [0.15, 0.2) is 0 Å². The van der Waals surface area contributed by atoms with E-state index in [1.165, 1.54) is 17.5 Å². The largest absolute Gasteiger partial charge is 0.356 e. The van der Waals surface area contributed by atoms with Crippen molar-refractivity contribution in [2.24, 2.45) is 5.92 Å². The molecule has 1 fully saturated rings. The number of rotatable bonds is 6. The van der Waals surface area contributed by atoms with Gasteiger partial charge < -0.3 is 10.2 Å². The van der Waals surface area contributed by atoms with E-state index in [4.69, 9.17) is 0 Å². The van der Waals surface area contributed by atoms with Crippen molar-refractivity contribution in [1.82, 2.24) is 10.2 Å². The number of nitrogens with one attached hydrogen (secondary N) is 1. The topological polar surface area (TPSA) is 32.3 Å². The van der Waals surface area contributed by atoms with E-state index in [0.29, 0.717) is 18.4 Å². The number of hydrogen-bond donors (Lipinski definition) is 1. The van der Waals surface area contributed by atoms with Crippen LogP contribution in [0.5, 0.6) is 0 Å². The van der Waals surface area contributed by atoms with Crippen LogP contribution in [0.25, 0.3) is 0 Å². The minimum atomic E-state index is 0.179. The molecule has 1 aromatic rings. The average Bonchev–Trinajstić information content (AvgIpc) is 2.94. The summed E-state index contributed by atoms with van der Waals surface area (Å²) in [5.41, 5.74) is 2.55. The van der Waals surface area contributed by atoms with E-state index < -0.39 is 0 Å². The Hall–Kier alpha value is -1.35. The third-order valence-electron chi connectivity index (χ3n) is 4.85. The molecule has 1 N–H and O–H groups in total. The van der Waals surface area contributed by atoms with Crippen molar-refractivity contribution in [3.8, 4) is 0 Å². The van der Waals surface area contributed by atoms with Crippen LogP contribution in [0.4, 0.5) is 0 Å². The third kappa shape index (κ3) is 4.57. The number of amides is 1. The summed E-state index contributed by atoms with van der Waals surface area (Å²) in [7, 11) is 0. The van der Waals surface area contributed by atoms with Gasteiger partial charge in [-0.05, 0) is 56.7 Å². The zero-order valence-corrected chi connectivity index (χ0v) is 14.4. The van der Waals surface area contributed by atoms with Gasteiger partial charge in [-0.15, -0.1) is 0 Å². The summed E-state index contributed by atoms with van der Waals surface area (Å²) >= 11 is 0. The van der Waals surface area contributed by atoms with Crippen molar-refractivity contribution < 1.29 is 4.79 Å². The molecule has 1 heterocycles. The molecule has 1 saturated heterocycles. The van der Waals surface area contributed by atoms with Crippen LogP contribution in [0.1, 0.15) is 50.7 Å². The lowest BCUT2D eigenvalue weighted by Gasteiger charge is -2.20. The molecule has 0 spiro atoms. The van der Waals surface area contributed by atoms with Gasteiger partial charge >= 0.3 is 0 Å². The molecule has 1 aliphatic rings. The highest BCUT2D eigenvalue weighted by molar-refractivity contribution is 5.76. The molecular weight excluding hydrogens is 272 g/mol. The second kappa shape index (κ2) is 7.77. The lowest BCUT2D eigenvalue weighted by atomic mass is 9.93.